The maximum absolute atomic E-state index is 13.2. The van der Waals surface area contributed by atoms with E-state index in [1.165, 1.54) is 23.1 Å². The van der Waals surface area contributed by atoms with Gasteiger partial charge in [0.05, 0.1) is 23.9 Å². The number of carbonyl (C=O) groups is 1. The standard InChI is InChI=1S/C24H19ClF3N3O3/c1-31(20-5-2-3-6-21(20)34-10-4-9-32)23(33)15-7-8-19(25)17(11-15)18-14-30-22(24(26,27)28)12-16(18)13-29/h2-3,5-8,11-12,14,32H,4,9-10H2,1H3. The summed E-state index contributed by atoms with van der Waals surface area (Å²) in [6, 6.07) is 13.6. The Balaban J connectivity index is 1.98. The summed E-state index contributed by atoms with van der Waals surface area (Å²) >= 11 is 6.26. The van der Waals surface area contributed by atoms with Crippen molar-refractivity contribution in [2.45, 2.75) is 12.6 Å². The van der Waals surface area contributed by atoms with Crippen molar-refractivity contribution in [1.29, 1.82) is 5.26 Å². The zero-order valence-electron chi connectivity index (χ0n) is 17.9. The monoisotopic (exact) mass is 489 g/mol. The number of para-hydroxylation sites is 2. The van der Waals surface area contributed by atoms with Crippen LogP contribution in [0, 0.1) is 11.3 Å². The van der Waals surface area contributed by atoms with Crippen LogP contribution in [0.4, 0.5) is 18.9 Å². The zero-order valence-corrected chi connectivity index (χ0v) is 18.7. The molecule has 2 aromatic carbocycles. The average Bonchev–Trinajstić information content (AvgIpc) is 2.83. The zero-order chi connectivity index (χ0) is 24.9. The molecule has 34 heavy (non-hydrogen) atoms. The van der Waals surface area contributed by atoms with Gasteiger partial charge < -0.3 is 14.7 Å². The van der Waals surface area contributed by atoms with Crippen molar-refractivity contribution >= 4 is 23.2 Å². The number of anilines is 1. The van der Waals surface area contributed by atoms with E-state index >= 15 is 0 Å². The third kappa shape index (κ3) is 5.47. The summed E-state index contributed by atoms with van der Waals surface area (Å²) in [5.74, 6) is 0.00852. The van der Waals surface area contributed by atoms with Crippen LogP contribution in [0.15, 0.2) is 54.7 Å². The normalized spacial score (nSPS) is 11.1. The summed E-state index contributed by atoms with van der Waals surface area (Å²) in [4.78, 5) is 18.0. The van der Waals surface area contributed by atoms with Crippen LogP contribution in [0.1, 0.15) is 28.0 Å². The highest BCUT2D eigenvalue weighted by Crippen LogP contribution is 2.35. The van der Waals surface area contributed by atoms with Crippen LogP contribution in [0.2, 0.25) is 5.02 Å². The van der Waals surface area contributed by atoms with Gasteiger partial charge in [0.2, 0.25) is 0 Å². The molecule has 0 radical (unpaired) electrons. The number of amides is 1. The number of rotatable bonds is 7. The van der Waals surface area contributed by atoms with Crippen LogP contribution in [-0.4, -0.2) is 36.3 Å². The van der Waals surface area contributed by atoms with Gasteiger partial charge in [-0.25, -0.2) is 0 Å². The summed E-state index contributed by atoms with van der Waals surface area (Å²) in [5.41, 5.74) is -0.526. The van der Waals surface area contributed by atoms with E-state index in [-0.39, 0.29) is 40.5 Å². The summed E-state index contributed by atoms with van der Waals surface area (Å²) in [6.45, 7) is 0.229. The maximum atomic E-state index is 13.2. The molecular weight excluding hydrogens is 471 g/mol. The molecule has 176 valence electrons. The smallest absolute Gasteiger partial charge is 0.433 e. The molecule has 1 amide bonds. The fourth-order valence-electron chi connectivity index (χ4n) is 3.19. The molecule has 3 rings (SSSR count). The molecule has 1 N–H and O–H groups in total. The molecule has 0 bridgehead atoms. The molecular formula is C24H19ClF3N3O3. The summed E-state index contributed by atoms with van der Waals surface area (Å²) < 4.78 is 44.6. The number of nitrogens with zero attached hydrogens (tertiary/aromatic N) is 3. The number of aromatic nitrogens is 1. The van der Waals surface area contributed by atoms with Crippen molar-refractivity contribution in [1.82, 2.24) is 4.98 Å². The van der Waals surface area contributed by atoms with E-state index in [1.54, 1.807) is 37.4 Å². The van der Waals surface area contributed by atoms with E-state index in [4.69, 9.17) is 21.4 Å². The van der Waals surface area contributed by atoms with E-state index in [0.29, 0.717) is 23.9 Å². The Labute approximate surface area is 198 Å². The molecule has 0 aliphatic rings. The number of halogens is 4. The quantitative estimate of drug-likeness (QED) is 0.453. The summed E-state index contributed by atoms with van der Waals surface area (Å²) in [6.07, 6.45) is -3.36. The molecule has 0 fully saturated rings. The van der Waals surface area contributed by atoms with Gasteiger partial charge in [0, 0.05) is 48.0 Å². The largest absolute Gasteiger partial charge is 0.491 e. The van der Waals surface area contributed by atoms with Crippen molar-refractivity contribution in [3.8, 4) is 22.9 Å². The molecule has 0 atom stereocenters. The van der Waals surface area contributed by atoms with Crippen LogP contribution >= 0.6 is 11.6 Å². The Morgan fingerprint density at radius 1 is 1.21 bits per heavy atom. The number of pyridine rings is 1. The van der Waals surface area contributed by atoms with Crippen LogP contribution < -0.4 is 9.64 Å². The third-order valence-corrected chi connectivity index (χ3v) is 5.24. The topological polar surface area (TPSA) is 86.5 Å². The van der Waals surface area contributed by atoms with Crippen molar-refractivity contribution in [3.63, 3.8) is 0 Å². The number of hydrogen-bond acceptors (Lipinski definition) is 5. The number of benzene rings is 2. The second-order valence-corrected chi connectivity index (χ2v) is 7.58. The summed E-state index contributed by atoms with van der Waals surface area (Å²) in [5, 5.41) is 18.5. The van der Waals surface area contributed by atoms with Gasteiger partial charge in [-0.3, -0.25) is 9.78 Å². The first kappa shape index (κ1) is 25.0. The van der Waals surface area contributed by atoms with Gasteiger partial charge in [-0.05, 0) is 36.4 Å². The number of aliphatic hydroxyl groups is 1. The average molecular weight is 490 g/mol. The number of alkyl halides is 3. The molecule has 0 saturated carbocycles. The van der Waals surface area contributed by atoms with Gasteiger partial charge >= 0.3 is 6.18 Å². The van der Waals surface area contributed by atoms with Gasteiger partial charge in [-0.15, -0.1) is 0 Å². The predicted molar refractivity (Wildman–Crippen MR) is 121 cm³/mol. The first-order valence-corrected chi connectivity index (χ1v) is 10.4. The van der Waals surface area contributed by atoms with E-state index in [1.807, 2.05) is 0 Å². The molecule has 0 unspecified atom stereocenters. The number of aliphatic hydroxyl groups excluding tert-OH is 1. The Morgan fingerprint density at radius 3 is 2.62 bits per heavy atom. The van der Waals surface area contributed by atoms with E-state index < -0.39 is 17.8 Å². The second kappa shape index (κ2) is 10.5. The predicted octanol–water partition coefficient (Wildman–Crippen LogP) is 5.33. The first-order valence-electron chi connectivity index (χ1n) is 10.1. The SMILES string of the molecule is CN(C(=O)c1ccc(Cl)c(-c2cnc(C(F)(F)F)cc2C#N)c1)c1ccccc1OCCCO. The number of ether oxygens (including phenoxy) is 1. The van der Waals surface area contributed by atoms with Gasteiger partial charge in [-0.1, -0.05) is 23.7 Å². The Bertz CT molecular complexity index is 1240. The van der Waals surface area contributed by atoms with Gasteiger partial charge in [0.15, 0.2) is 0 Å². The summed E-state index contributed by atoms with van der Waals surface area (Å²) in [7, 11) is 1.55. The highest BCUT2D eigenvalue weighted by Gasteiger charge is 2.33. The molecule has 6 nitrogen and oxygen atoms in total. The Hall–Kier alpha value is -3.61. The van der Waals surface area contributed by atoms with E-state index in [2.05, 4.69) is 4.98 Å². The molecule has 1 heterocycles. The number of nitriles is 1. The number of carbonyl (C=O) groups excluding carboxylic acids is 1. The van der Waals surface area contributed by atoms with Crippen molar-refractivity contribution in [3.05, 3.63) is 76.6 Å². The highest BCUT2D eigenvalue weighted by molar-refractivity contribution is 6.33. The molecule has 0 spiro atoms. The van der Waals surface area contributed by atoms with E-state index in [0.717, 1.165) is 6.20 Å². The Morgan fingerprint density at radius 2 is 1.94 bits per heavy atom. The lowest BCUT2D eigenvalue weighted by Crippen LogP contribution is -2.26. The molecule has 0 saturated heterocycles. The minimum atomic E-state index is -4.71. The van der Waals surface area contributed by atoms with E-state index in [9.17, 15) is 23.2 Å². The van der Waals surface area contributed by atoms with Crippen molar-refractivity contribution < 1.29 is 27.8 Å². The van der Waals surface area contributed by atoms with Crippen molar-refractivity contribution in [2.75, 3.05) is 25.2 Å². The third-order valence-electron chi connectivity index (χ3n) is 4.91. The van der Waals surface area contributed by atoms with Crippen LogP contribution in [0.5, 0.6) is 5.75 Å². The molecule has 0 aliphatic carbocycles. The highest BCUT2D eigenvalue weighted by atomic mass is 35.5. The number of hydrogen-bond donors (Lipinski definition) is 1. The molecule has 10 heteroatoms. The first-order chi connectivity index (χ1) is 16.2. The molecule has 1 aromatic heterocycles. The molecule has 3 aromatic rings. The minimum Gasteiger partial charge on any atom is -0.491 e. The van der Waals surface area contributed by atoms with Crippen LogP contribution in [0.25, 0.3) is 11.1 Å². The van der Waals surface area contributed by atoms with Gasteiger partial charge in [-0.2, -0.15) is 18.4 Å². The second-order valence-electron chi connectivity index (χ2n) is 7.18. The van der Waals surface area contributed by atoms with Crippen molar-refractivity contribution in [2.24, 2.45) is 0 Å². The maximum Gasteiger partial charge on any atom is 0.433 e. The Kier molecular flexibility index (Phi) is 7.76. The lowest BCUT2D eigenvalue weighted by Gasteiger charge is -2.21. The lowest BCUT2D eigenvalue weighted by molar-refractivity contribution is -0.141. The van der Waals surface area contributed by atoms with Crippen LogP contribution in [0.3, 0.4) is 0 Å². The van der Waals surface area contributed by atoms with Crippen LogP contribution in [-0.2, 0) is 6.18 Å². The lowest BCUT2D eigenvalue weighted by atomic mass is 9.99. The fourth-order valence-corrected chi connectivity index (χ4v) is 3.41. The molecule has 0 aliphatic heterocycles. The fraction of sp³-hybridized carbons (Fsp3) is 0.208. The van der Waals surface area contributed by atoms with Gasteiger partial charge in [0.1, 0.15) is 11.4 Å². The van der Waals surface area contributed by atoms with Gasteiger partial charge in [0.25, 0.3) is 5.91 Å². The minimum absolute atomic E-state index is 0.0337.